The molecule has 2 aromatic carbocycles. The van der Waals surface area contributed by atoms with Crippen molar-refractivity contribution in [2.75, 3.05) is 7.11 Å². The van der Waals surface area contributed by atoms with E-state index in [0.29, 0.717) is 22.3 Å². The maximum Gasteiger partial charge on any atom is 0.253 e. The van der Waals surface area contributed by atoms with Crippen LogP contribution < -0.4 is 4.74 Å². The Morgan fingerprint density at radius 1 is 1.35 bits per heavy atom. The lowest BCUT2D eigenvalue weighted by molar-refractivity contribution is 0.108. The lowest BCUT2D eigenvalue weighted by atomic mass is 10.0. The van der Waals surface area contributed by atoms with Gasteiger partial charge in [0.1, 0.15) is 5.75 Å². The highest BCUT2D eigenvalue weighted by atomic mass is 35.5. The molecule has 0 aromatic heterocycles. The highest BCUT2D eigenvalue weighted by molar-refractivity contribution is 6.68. The number of carbonyl (C=O) groups is 1. The molecular weight excluding hydrogens is 238 g/mol. The summed E-state index contributed by atoms with van der Waals surface area (Å²) in [5.74, 6) is 0.667. The average molecular weight is 246 g/mol. The van der Waals surface area contributed by atoms with Crippen LogP contribution in [0.3, 0.4) is 0 Å². The maximum absolute atomic E-state index is 11.3. The van der Waals surface area contributed by atoms with Gasteiger partial charge in [-0.05, 0) is 52.7 Å². The van der Waals surface area contributed by atoms with Crippen LogP contribution in [0.1, 0.15) is 15.9 Å². The Balaban J connectivity index is 2.81. The van der Waals surface area contributed by atoms with Crippen molar-refractivity contribution in [2.45, 2.75) is 0 Å². The highest BCUT2D eigenvalue weighted by Crippen LogP contribution is 2.26. The minimum atomic E-state index is -0.572. The first-order valence-corrected chi connectivity index (χ1v) is 5.25. The molecule has 4 heteroatoms. The minimum absolute atomic E-state index is 0.336. The van der Waals surface area contributed by atoms with E-state index in [1.165, 1.54) is 6.07 Å². The first kappa shape index (κ1) is 11.4. The van der Waals surface area contributed by atoms with Gasteiger partial charge in [0.2, 0.25) is 0 Å². The van der Waals surface area contributed by atoms with Crippen LogP contribution in [0, 0.1) is 11.3 Å². The molecule has 17 heavy (non-hydrogen) atoms. The molecule has 0 aliphatic carbocycles. The molecular formula is C13H8ClNO2. The van der Waals surface area contributed by atoms with E-state index in [1.807, 2.05) is 6.07 Å². The molecule has 0 fully saturated rings. The quantitative estimate of drug-likeness (QED) is 0.764. The molecule has 0 saturated heterocycles. The van der Waals surface area contributed by atoms with Crippen molar-refractivity contribution in [3.8, 4) is 11.8 Å². The first-order chi connectivity index (χ1) is 8.15. The summed E-state index contributed by atoms with van der Waals surface area (Å²) in [6.07, 6.45) is 0. The zero-order chi connectivity index (χ0) is 12.4. The molecule has 0 amide bonds. The van der Waals surface area contributed by atoms with E-state index in [1.54, 1.807) is 31.4 Å². The molecule has 0 bridgehead atoms. The van der Waals surface area contributed by atoms with Crippen molar-refractivity contribution < 1.29 is 9.53 Å². The van der Waals surface area contributed by atoms with Crippen molar-refractivity contribution in [1.82, 2.24) is 0 Å². The van der Waals surface area contributed by atoms with E-state index < -0.39 is 5.24 Å². The largest absolute Gasteiger partial charge is 0.497 e. The number of nitrogens with zero attached hydrogens (tertiary/aromatic N) is 1. The van der Waals surface area contributed by atoms with Gasteiger partial charge in [0, 0.05) is 5.56 Å². The molecule has 3 nitrogen and oxygen atoms in total. The van der Waals surface area contributed by atoms with Gasteiger partial charge in [-0.15, -0.1) is 0 Å². The number of fused-ring (bicyclic) bond motifs is 1. The van der Waals surface area contributed by atoms with Crippen LogP contribution in [0.5, 0.6) is 5.75 Å². The Labute approximate surface area is 103 Å². The number of hydrogen-bond acceptors (Lipinski definition) is 3. The van der Waals surface area contributed by atoms with Crippen LogP contribution in [0.25, 0.3) is 10.8 Å². The third kappa shape index (κ3) is 2.08. The number of methoxy groups -OCH3 is 1. The topological polar surface area (TPSA) is 50.1 Å². The predicted octanol–water partition coefficient (Wildman–Crippen LogP) is 3.10. The predicted molar refractivity (Wildman–Crippen MR) is 65.4 cm³/mol. The van der Waals surface area contributed by atoms with Gasteiger partial charge in [-0.2, -0.15) is 5.26 Å². The molecule has 0 saturated carbocycles. The monoisotopic (exact) mass is 245 g/mol. The van der Waals surface area contributed by atoms with Crippen LogP contribution in [-0.2, 0) is 0 Å². The van der Waals surface area contributed by atoms with Gasteiger partial charge in [-0.3, -0.25) is 4.79 Å². The van der Waals surface area contributed by atoms with E-state index in [9.17, 15) is 4.79 Å². The Morgan fingerprint density at radius 3 is 2.71 bits per heavy atom. The molecule has 0 aliphatic rings. The van der Waals surface area contributed by atoms with Gasteiger partial charge in [0.05, 0.1) is 18.7 Å². The highest BCUT2D eigenvalue weighted by Gasteiger charge is 2.10. The number of halogens is 1. The van der Waals surface area contributed by atoms with Gasteiger partial charge < -0.3 is 4.74 Å². The third-order valence-corrected chi connectivity index (χ3v) is 2.70. The third-order valence-electron chi connectivity index (χ3n) is 2.50. The second kappa shape index (κ2) is 4.44. The van der Waals surface area contributed by atoms with Gasteiger partial charge in [0.15, 0.2) is 0 Å². The second-order valence-electron chi connectivity index (χ2n) is 3.50. The smallest absolute Gasteiger partial charge is 0.253 e. The Kier molecular flexibility index (Phi) is 2.99. The summed E-state index contributed by atoms with van der Waals surface area (Å²) in [6, 6.07) is 10.5. The molecule has 0 heterocycles. The molecule has 0 spiro atoms. The van der Waals surface area contributed by atoms with E-state index in [0.717, 1.165) is 5.39 Å². The van der Waals surface area contributed by atoms with E-state index >= 15 is 0 Å². The van der Waals surface area contributed by atoms with Crippen LogP contribution in [0.4, 0.5) is 0 Å². The summed E-state index contributed by atoms with van der Waals surface area (Å²) in [5.41, 5.74) is 0.734. The molecule has 84 valence electrons. The number of rotatable bonds is 2. The molecule has 0 radical (unpaired) electrons. The molecule has 0 aliphatic heterocycles. The zero-order valence-corrected chi connectivity index (χ0v) is 9.78. The number of nitriles is 1. The Morgan fingerprint density at radius 2 is 2.12 bits per heavy atom. The summed E-state index contributed by atoms with van der Waals surface area (Å²) in [4.78, 5) is 11.3. The summed E-state index contributed by atoms with van der Waals surface area (Å²) < 4.78 is 5.10. The fraction of sp³-hybridized carbons (Fsp3) is 0.0769. The second-order valence-corrected chi connectivity index (χ2v) is 3.84. The lowest BCUT2D eigenvalue weighted by Crippen LogP contribution is -1.93. The summed E-state index contributed by atoms with van der Waals surface area (Å²) in [5, 5.41) is 9.79. The van der Waals surface area contributed by atoms with Gasteiger partial charge in [-0.25, -0.2) is 0 Å². The number of benzene rings is 2. The standard InChI is InChI=1S/C13H8ClNO2/c1-17-10-2-3-11-9(6-10)4-8(7-15)5-12(11)13(14)16/h2-6H,1H3. The van der Waals surface area contributed by atoms with Gasteiger partial charge >= 0.3 is 0 Å². The van der Waals surface area contributed by atoms with Crippen LogP contribution in [0.15, 0.2) is 30.3 Å². The van der Waals surface area contributed by atoms with Gasteiger partial charge in [-0.1, -0.05) is 0 Å². The van der Waals surface area contributed by atoms with Crippen molar-refractivity contribution >= 4 is 27.6 Å². The van der Waals surface area contributed by atoms with E-state index in [4.69, 9.17) is 21.6 Å². The normalized spacial score (nSPS) is 9.94. The van der Waals surface area contributed by atoms with Crippen LogP contribution in [-0.4, -0.2) is 12.4 Å². The fourth-order valence-electron chi connectivity index (χ4n) is 1.70. The number of carbonyl (C=O) groups excluding carboxylic acids is 1. The number of hydrogen-bond donors (Lipinski definition) is 0. The molecule has 2 aromatic rings. The van der Waals surface area contributed by atoms with Crippen LogP contribution in [0.2, 0.25) is 0 Å². The average Bonchev–Trinajstić information content (AvgIpc) is 2.36. The van der Waals surface area contributed by atoms with Crippen molar-refractivity contribution in [2.24, 2.45) is 0 Å². The van der Waals surface area contributed by atoms with Crippen molar-refractivity contribution in [3.63, 3.8) is 0 Å². The summed E-state index contributed by atoms with van der Waals surface area (Å²) >= 11 is 5.51. The lowest BCUT2D eigenvalue weighted by Gasteiger charge is -2.06. The van der Waals surface area contributed by atoms with Crippen molar-refractivity contribution in [1.29, 1.82) is 5.26 Å². The summed E-state index contributed by atoms with van der Waals surface area (Å²) in [6.45, 7) is 0. The Hall–Kier alpha value is -2.05. The van der Waals surface area contributed by atoms with E-state index in [-0.39, 0.29) is 0 Å². The first-order valence-electron chi connectivity index (χ1n) is 4.87. The molecule has 2 rings (SSSR count). The molecule has 0 N–H and O–H groups in total. The van der Waals surface area contributed by atoms with Gasteiger partial charge in [0.25, 0.3) is 5.24 Å². The Bertz CT molecular complexity index is 644. The molecule has 0 atom stereocenters. The fourth-order valence-corrected chi connectivity index (χ4v) is 1.86. The zero-order valence-electron chi connectivity index (χ0n) is 9.03. The summed E-state index contributed by atoms with van der Waals surface area (Å²) in [7, 11) is 1.56. The molecule has 0 unspecified atom stereocenters. The minimum Gasteiger partial charge on any atom is -0.497 e. The van der Waals surface area contributed by atoms with Crippen molar-refractivity contribution in [3.05, 3.63) is 41.5 Å². The maximum atomic E-state index is 11.3. The van der Waals surface area contributed by atoms with E-state index in [2.05, 4.69) is 0 Å². The van der Waals surface area contributed by atoms with Crippen LogP contribution >= 0.6 is 11.6 Å². The SMILES string of the molecule is COc1ccc2c(C(=O)Cl)cc(C#N)cc2c1. The number of ether oxygens (including phenoxy) is 1.